The minimum Gasteiger partial charge on any atom is -0.481 e. The highest BCUT2D eigenvalue weighted by Crippen LogP contribution is 2.27. The number of hydrogen-bond acceptors (Lipinski definition) is 7. The van der Waals surface area contributed by atoms with E-state index in [1.807, 2.05) is 0 Å². The molecule has 0 heterocycles. The first-order valence-corrected chi connectivity index (χ1v) is 8.03. The number of carboxylic acid groups (broad SMARTS) is 1. The van der Waals surface area contributed by atoms with Gasteiger partial charge in [0, 0.05) is 19.2 Å². The van der Waals surface area contributed by atoms with E-state index in [1.165, 1.54) is 13.0 Å². The average molecular weight is 347 g/mol. The number of nitro groups is 1. The Labute approximate surface area is 132 Å². The van der Waals surface area contributed by atoms with Crippen molar-refractivity contribution >= 4 is 27.4 Å². The molecule has 11 heteroatoms. The van der Waals surface area contributed by atoms with Crippen LogP contribution in [0.2, 0.25) is 0 Å². The van der Waals surface area contributed by atoms with Crippen LogP contribution in [-0.4, -0.2) is 48.7 Å². The molecule has 1 atom stereocenters. The molecule has 128 valence electrons. The number of sulfonamides is 1. The van der Waals surface area contributed by atoms with Gasteiger partial charge >= 0.3 is 5.97 Å². The average Bonchev–Trinajstić information content (AvgIpc) is 2.44. The molecule has 0 fully saturated rings. The predicted molar refractivity (Wildman–Crippen MR) is 80.7 cm³/mol. The molecule has 0 aromatic heterocycles. The maximum Gasteiger partial charge on any atom is 0.304 e. The zero-order valence-corrected chi connectivity index (χ0v) is 13.0. The van der Waals surface area contributed by atoms with E-state index >= 15 is 0 Å². The molecule has 23 heavy (non-hydrogen) atoms. The summed E-state index contributed by atoms with van der Waals surface area (Å²) in [6, 6.07) is 3.24. The number of anilines is 1. The topological polar surface area (TPSA) is 159 Å². The van der Waals surface area contributed by atoms with E-state index in [9.17, 15) is 28.4 Å². The van der Waals surface area contributed by atoms with Gasteiger partial charge < -0.3 is 15.5 Å². The molecule has 0 amide bonds. The fourth-order valence-corrected chi connectivity index (χ4v) is 2.66. The van der Waals surface area contributed by atoms with Crippen molar-refractivity contribution < 1.29 is 28.3 Å². The number of carbonyl (C=O) groups is 1. The number of nitrogens with zero attached hydrogens (tertiary/aromatic N) is 1. The van der Waals surface area contributed by atoms with Crippen LogP contribution in [0.5, 0.6) is 0 Å². The molecular formula is C12H17N3O7S. The maximum absolute atomic E-state index is 12.0. The van der Waals surface area contributed by atoms with E-state index in [4.69, 9.17) is 5.11 Å². The highest BCUT2D eigenvalue weighted by molar-refractivity contribution is 7.89. The fraction of sp³-hybridized carbons (Fsp3) is 0.417. The first-order valence-electron chi connectivity index (χ1n) is 6.55. The number of carboxylic acids is 1. The van der Waals surface area contributed by atoms with Crippen molar-refractivity contribution in [2.75, 3.05) is 18.4 Å². The van der Waals surface area contributed by atoms with E-state index in [2.05, 4.69) is 10.0 Å². The molecule has 0 aliphatic heterocycles. The Bertz CT molecular complexity index is 688. The van der Waals surface area contributed by atoms with Gasteiger partial charge in [0.1, 0.15) is 5.69 Å². The van der Waals surface area contributed by atoms with Crippen LogP contribution in [0.3, 0.4) is 0 Å². The molecule has 0 aliphatic rings. The second-order valence-corrected chi connectivity index (χ2v) is 6.47. The van der Waals surface area contributed by atoms with Gasteiger partial charge in [0.15, 0.2) is 0 Å². The van der Waals surface area contributed by atoms with Crippen LogP contribution in [0.4, 0.5) is 11.4 Å². The van der Waals surface area contributed by atoms with Gasteiger partial charge in [-0.05, 0) is 19.1 Å². The number of nitro benzene ring substituents is 1. The Morgan fingerprint density at radius 1 is 1.43 bits per heavy atom. The summed E-state index contributed by atoms with van der Waals surface area (Å²) in [5.74, 6) is -1.17. The van der Waals surface area contributed by atoms with E-state index in [0.717, 1.165) is 12.1 Å². The SMILES string of the molecule is C[C@H](O)CNc1ccc(S(=O)(=O)NCCC(=O)O)cc1[N+](=O)[O-]. The molecule has 0 unspecified atom stereocenters. The van der Waals surface area contributed by atoms with Gasteiger partial charge in [0.25, 0.3) is 5.69 Å². The third kappa shape index (κ3) is 5.81. The highest BCUT2D eigenvalue weighted by atomic mass is 32.2. The van der Waals surface area contributed by atoms with Gasteiger partial charge in [-0.2, -0.15) is 0 Å². The van der Waals surface area contributed by atoms with E-state index in [0.29, 0.717) is 0 Å². The summed E-state index contributed by atoms with van der Waals surface area (Å²) in [5.41, 5.74) is -0.396. The van der Waals surface area contributed by atoms with Gasteiger partial charge in [0.05, 0.1) is 22.3 Å². The molecule has 1 aromatic rings. The lowest BCUT2D eigenvalue weighted by atomic mass is 10.2. The monoisotopic (exact) mass is 347 g/mol. The molecule has 0 aliphatic carbocycles. The largest absolute Gasteiger partial charge is 0.481 e. The number of aliphatic hydroxyl groups excluding tert-OH is 1. The first kappa shape index (κ1) is 18.8. The zero-order chi connectivity index (χ0) is 17.6. The van der Waals surface area contributed by atoms with Crippen LogP contribution < -0.4 is 10.0 Å². The molecule has 0 saturated heterocycles. The van der Waals surface area contributed by atoms with Gasteiger partial charge in [-0.15, -0.1) is 0 Å². The Morgan fingerprint density at radius 2 is 2.09 bits per heavy atom. The lowest BCUT2D eigenvalue weighted by molar-refractivity contribution is -0.384. The molecule has 0 saturated carbocycles. The molecule has 1 rings (SSSR count). The third-order valence-electron chi connectivity index (χ3n) is 2.70. The Morgan fingerprint density at radius 3 is 2.61 bits per heavy atom. The molecule has 0 spiro atoms. The summed E-state index contributed by atoms with van der Waals surface area (Å²) in [7, 11) is -4.05. The number of nitrogens with one attached hydrogen (secondary N) is 2. The van der Waals surface area contributed by atoms with Crippen molar-refractivity contribution in [3.63, 3.8) is 0 Å². The fourth-order valence-electron chi connectivity index (χ4n) is 1.61. The second-order valence-electron chi connectivity index (χ2n) is 4.71. The Balaban J connectivity index is 3.02. The number of aliphatic carboxylic acids is 1. The third-order valence-corrected chi connectivity index (χ3v) is 4.15. The quantitative estimate of drug-likeness (QED) is 0.362. The van der Waals surface area contributed by atoms with Crippen molar-refractivity contribution in [1.82, 2.24) is 4.72 Å². The van der Waals surface area contributed by atoms with Crippen molar-refractivity contribution in [1.29, 1.82) is 0 Å². The smallest absolute Gasteiger partial charge is 0.304 e. The molecule has 1 aromatic carbocycles. The Hall–Kier alpha value is -2.24. The normalized spacial score (nSPS) is 12.6. The summed E-state index contributed by atoms with van der Waals surface area (Å²) < 4.78 is 26.0. The van der Waals surface area contributed by atoms with Crippen LogP contribution in [0.15, 0.2) is 23.1 Å². The van der Waals surface area contributed by atoms with Crippen LogP contribution in [-0.2, 0) is 14.8 Å². The predicted octanol–water partition coefficient (Wildman–Crippen LogP) is 0.141. The molecule has 0 radical (unpaired) electrons. The minimum absolute atomic E-state index is 0.0593. The first-order chi connectivity index (χ1) is 10.6. The lowest BCUT2D eigenvalue weighted by Crippen LogP contribution is -2.26. The van der Waals surface area contributed by atoms with Crippen LogP contribution >= 0.6 is 0 Å². The van der Waals surface area contributed by atoms with Crippen LogP contribution in [0, 0.1) is 10.1 Å². The maximum atomic E-state index is 12.0. The number of aliphatic hydroxyl groups is 1. The van der Waals surface area contributed by atoms with Crippen molar-refractivity contribution in [3.05, 3.63) is 28.3 Å². The van der Waals surface area contributed by atoms with Gasteiger partial charge in [-0.25, -0.2) is 13.1 Å². The molecule has 4 N–H and O–H groups in total. The standard InChI is InChI=1S/C12H17N3O7S/c1-8(16)7-13-10-3-2-9(6-11(10)15(19)20)23(21,22)14-5-4-12(17)18/h2-3,6,8,13-14,16H,4-5,7H2,1H3,(H,17,18)/t8-/m0/s1. The van der Waals surface area contributed by atoms with Crippen molar-refractivity contribution in [2.24, 2.45) is 0 Å². The van der Waals surface area contributed by atoms with Crippen molar-refractivity contribution in [2.45, 2.75) is 24.3 Å². The summed E-state index contributed by atoms with van der Waals surface area (Å²) in [6.07, 6.45) is -1.15. The van der Waals surface area contributed by atoms with Gasteiger partial charge in [0.2, 0.25) is 10.0 Å². The van der Waals surface area contributed by atoms with Gasteiger partial charge in [-0.3, -0.25) is 14.9 Å². The summed E-state index contributed by atoms with van der Waals surface area (Å²) in [5, 5.41) is 31.4. The minimum atomic E-state index is -4.05. The number of hydrogen-bond donors (Lipinski definition) is 4. The number of rotatable bonds is 9. The summed E-state index contributed by atoms with van der Waals surface area (Å²) >= 11 is 0. The van der Waals surface area contributed by atoms with E-state index in [-0.39, 0.29) is 23.7 Å². The summed E-state index contributed by atoms with van der Waals surface area (Å²) in [4.78, 5) is 20.3. The molecule has 0 bridgehead atoms. The Kier molecular flexibility index (Phi) is 6.42. The number of benzene rings is 1. The van der Waals surface area contributed by atoms with Gasteiger partial charge in [-0.1, -0.05) is 0 Å². The van der Waals surface area contributed by atoms with E-state index in [1.54, 1.807) is 0 Å². The van der Waals surface area contributed by atoms with Crippen molar-refractivity contribution in [3.8, 4) is 0 Å². The van der Waals surface area contributed by atoms with E-state index < -0.39 is 39.1 Å². The van der Waals surface area contributed by atoms with Crippen LogP contribution in [0.25, 0.3) is 0 Å². The molecular weight excluding hydrogens is 330 g/mol. The second kappa shape index (κ2) is 7.85. The van der Waals surface area contributed by atoms with Crippen LogP contribution in [0.1, 0.15) is 13.3 Å². The summed E-state index contributed by atoms with van der Waals surface area (Å²) in [6.45, 7) is 1.22. The highest BCUT2D eigenvalue weighted by Gasteiger charge is 2.21. The zero-order valence-electron chi connectivity index (χ0n) is 12.2. The molecule has 10 nitrogen and oxygen atoms in total. The lowest BCUT2D eigenvalue weighted by Gasteiger charge is -2.11.